The van der Waals surface area contributed by atoms with E-state index in [1.54, 1.807) is 0 Å². The zero-order chi connectivity index (χ0) is 18.9. The molecular formula is C22H42N2O. The highest BCUT2D eigenvalue weighted by molar-refractivity contribution is 5.81. The van der Waals surface area contributed by atoms with Crippen LogP contribution in [-0.2, 0) is 4.79 Å². The average Bonchev–Trinajstić information content (AvgIpc) is 2.47. The van der Waals surface area contributed by atoms with Gasteiger partial charge in [-0.3, -0.25) is 4.79 Å². The van der Waals surface area contributed by atoms with E-state index in [0.717, 1.165) is 19.0 Å². The van der Waals surface area contributed by atoms with Gasteiger partial charge in [0.2, 0.25) is 5.91 Å². The van der Waals surface area contributed by atoms with Crippen molar-refractivity contribution in [2.45, 2.75) is 80.1 Å². The third-order valence-corrected chi connectivity index (χ3v) is 6.23. The Balaban J connectivity index is 1.78. The summed E-state index contributed by atoms with van der Waals surface area (Å²) in [4.78, 5) is 17.2. The molecule has 0 aromatic rings. The number of carbonyl (C=O) groups excluding carboxylic acids is 1. The molecule has 25 heavy (non-hydrogen) atoms. The van der Waals surface area contributed by atoms with Crippen LogP contribution in [0.25, 0.3) is 0 Å². The lowest BCUT2D eigenvalue weighted by atomic mass is 9.65. The molecule has 1 aliphatic heterocycles. The van der Waals surface area contributed by atoms with Gasteiger partial charge in [-0.05, 0) is 62.3 Å². The van der Waals surface area contributed by atoms with Crippen molar-refractivity contribution in [1.82, 2.24) is 9.80 Å². The lowest BCUT2D eigenvalue weighted by molar-refractivity contribution is -0.142. The predicted octanol–water partition coefficient (Wildman–Crippen LogP) is 4.81. The number of piperidine rings is 1. The van der Waals surface area contributed by atoms with Gasteiger partial charge in [0.1, 0.15) is 0 Å². The molecule has 0 radical (unpaired) electrons. The monoisotopic (exact) mass is 350 g/mol. The summed E-state index contributed by atoms with van der Waals surface area (Å²) in [6, 6.07) is 0. The van der Waals surface area contributed by atoms with Crippen LogP contribution in [0.15, 0.2) is 0 Å². The van der Waals surface area contributed by atoms with Crippen LogP contribution in [-0.4, -0.2) is 48.9 Å². The van der Waals surface area contributed by atoms with Crippen molar-refractivity contribution in [2.75, 3.05) is 33.2 Å². The molecule has 0 aromatic heterocycles. The summed E-state index contributed by atoms with van der Waals surface area (Å²) in [6.07, 6.45) is 7.94. The van der Waals surface area contributed by atoms with Gasteiger partial charge in [0.15, 0.2) is 0 Å². The number of carbonyl (C=O) groups is 1. The fourth-order valence-corrected chi connectivity index (χ4v) is 4.95. The van der Waals surface area contributed by atoms with Gasteiger partial charge in [0, 0.05) is 31.6 Å². The number of rotatable bonds is 3. The van der Waals surface area contributed by atoms with Gasteiger partial charge < -0.3 is 9.80 Å². The molecule has 2 rings (SSSR count). The van der Waals surface area contributed by atoms with E-state index in [0.29, 0.717) is 16.7 Å². The first-order valence-corrected chi connectivity index (χ1v) is 10.4. The lowest BCUT2D eigenvalue weighted by Gasteiger charge is -2.47. The van der Waals surface area contributed by atoms with Gasteiger partial charge in [-0.15, -0.1) is 0 Å². The summed E-state index contributed by atoms with van der Waals surface area (Å²) in [5, 5.41) is 0. The Labute approximate surface area is 156 Å². The van der Waals surface area contributed by atoms with Gasteiger partial charge in [-0.1, -0.05) is 41.5 Å². The summed E-state index contributed by atoms with van der Waals surface area (Å²) in [5.74, 6) is 1.20. The molecule has 0 N–H and O–H groups in total. The summed E-state index contributed by atoms with van der Waals surface area (Å²) in [7, 11) is 2.28. The van der Waals surface area contributed by atoms with Crippen LogP contribution in [0.3, 0.4) is 0 Å². The number of hydrogen-bond acceptors (Lipinski definition) is 2. The quantitative estimate of drug-likeness (QED) is 0.729. The Hall–Kier alpha value is -0.570. The van der Waals surface area contributed by atoms with E-state index >= 15 is 0 Å². The van der Waals surface area contributed by atoms with Crippen molar-refractivity contribution in [2.24, 2.45) is 22.2 Å². The first-order chi connectivity index (χ1) is 11.4. The molecule has 146 valence electrons. The second-order valence-electron chi connectivity index (χ2n) is 11.2. The molecule has 1 heterocycles. The van der Waals surface area contributed by atoms with Crippen molar-refractivity contribution < 1.29 is 4.79 Å². The lowest BCUT2D eigenvalue weighted by Crippen LogP contribution is -2.48. The molecule has 2 fully saturated rings. The number of likely N-dealkylation sites (tertiary alicyclic amines) is 1. The highest BCUT2D eigenvalue weighted by Crippen LogP contribution is 2.46. The molecule has 0 unspecified atom stereocenters. The molecule has 0 bridgehead atoms. The van der Waals surface area contributed by atoms with E-state index in [1.165, 1.54) is 51.6 Å². The smallest absolute Gasteiger partial charge is 0.227 e. The zero-order valence-electron chi connectivity index (χ0n) is 18.0. The van der Waals surface area contributed by atoms with E-state index in [4.69, 9.17) is 0 Å². The van der Waals surface area contributed by atoms with E-state index in [1.807, 2.05) is 20.8 Å². The summed E-state index contributed by atoms with van der Waals surface area (Å²) >= 11 is 0. The predicted molar refractivity (Wildman–Crippen MR) is 107 cm³/mol. The maximum atomic E-state index is 12.5. The highest BCUT2D eigenvalue weighted by Gasteiger charge is 2.40. The van der Waals surface area contributed by atoms with Crippen LogP contribution < -0.4 is 0 Å². The summed E-state index contributed by atoms with van der Waals surface area (Å²) < 4.78 is 0. The maximum absolute atomic E-state index is 12.5. The third kappa shape index (κ3) is 5.98. The van der Waals surface area contributed by atoms with Crippen molar-refractivity contribution in [3.05, 3.63) is 0 Å². The van der Waals surface area contributed by atoms with Crippen molar-refractivity contribution >= 4 is 5.91 Å². The fourth-order valence-electron chi connectivity index (χ4n) is 4.95. The van der Waals surface area contributed by atoms with Gasteiger partial charge in [0.25, 0.3) is 0 Å². The molecule has 0 atom stereocenters. The third-order valence-electron chi connectivity index (χ3n) is 6.23. The van der Waals surface area contributed by atoms with Gasteiger partial charge >= 0.3 is 0 Å². The Morgan fingerprint density at radius 2 is 1.52 bits per heavy atom. The van der Waals surface area contributed by atoms with Crippen LogP contribution in [0.5, 0.6) is 0 Å². The molecule has 3 heteroatoms. The minimum absolute atomic E-state index is 0.236. The van der Waals surface area contributed by atoms with E-state index < -0.39 is 0 Å². The topological polar surface area (TPSA) is 23.6 Å². The molecular weight excluding hydrogens is 308 g/mol. The Morgan fingerprint density at radius 1 is 1.00 bits per heavy atom. The van der Waals surface area contributed by atoms with Gasteiger partial charge in [-0.2, -0.15) is 0 Å². The fraction of sp³-hybridized carbons (Fsp3) is 0.955. The average molecular weight is 351 g/mol. The summed E-state index contributed by atoms with van der Waals surface area (Å²) in [5.41, 5.74) is 0.685. The second-order valence-corrected chi connectivity index (χ2v) is 11.2. The molecule has 1 amide bonds. The molecule has 1 aliphatic carbocycles. The van der Waals surface area contributed by atoms with Crippen molar-refractivity contribution in [3.8, 4) is 0 Å². The van der Waals surface area contributed by atoms with Crippen LogP contribution in [0.2, 0.25) is 0 Å². The zero-order valence-corrected chi connectivity index (χ0v) is 18.0. The Morgan fingerprint density at radius 3 is 1.96 bits per heavy atom. The maximum Gasteiger partial charge on any atom is 0.227 e. The van der Waals surface area contributed by atoms with Gasteiger partial charge in [-0.25, -0.2) is 0 Å². The van der Waals surface area contributed by atoms with Crippen molar-refractivity contribution in [1.29, 1.82) is 0 Å². The van der Waals surface area contributed by atoms with E-state index in [9.17, 15) is 4.79 Å². The molecule has 1 spiro atoms. The molecule has 3 nitrogen and oxygen atoms in total. The SMILES string of the molecule is CN(CC1CCC2(CC1)CCN(C(=O)C(C)(C)C)CC2)CC(C)(C)C. The molecule has 2 aliphatic rings. The Bertz CT molecular complexity index is 440. The largest absolute Gasteiger partial charge is 0.342 e. The van der Waals surface area contributed by atoms with Crippen molar-refractivity contribution in [3.63, 3.8) is 0 Å². The van der Waals surface area contributed by atoms with E-state index in [-0.39, 0.29) is 5.41 Å². The minimum atomic E-state index is -0.236. The number of nitrogens with zero attached hydrogens (tertiary/aromatic N) is 2. The number of hydrogen-bond donors (Lipinski definition) is 0. The Kier molecular flexibility index (Phi) is 6.29. The minimum Gasteiger partial charge on any atom is -0.342 e. The van der Waals surface area contributed by atoms with Crippen LogP contribution >= 0.6 is 0 Å². The highest BCUT2D eigenvalue weighted by atomic mass is 16.2. The molecule has 1 saturated heterocycles. The van der Waals surface area contributed by atoms with Gasteiger partial charge in [0.05, 0.1) is 0 Å². The van der Waals surface area contributed by atoms with Crippen LogP contribution in [0, 0.1) is 22.2 Å². The molecule has 0 aromatic carbocycles. The second kappa shape index (κ2) is 7.58. The number of amides is 1. The van der Waals surface area contributed by atoms with Crippen LogP contribution in [0.1, 0.15) is 80.1 Å². The summed E-state index contributed by atoms with van der Waals surface area (Å²) in [6.45, 7) is 17.5. The first-order valence-electron chi connectivity index (χ1n) is 10.4. The normalized spacial score (nSPS) is 22.6. The standard InChI is InChI=1S/C22H42N2O/c1-20(2,3)17-23(7)16-18-8-10-22(11-9-18)12-14-24(15-13-22)19(25)21(4,5)6/h18H,8-17H2,1-7H3. The van der Waals surface area contributed by atoms with Crippen LogP contribution in [0.4, 0.5) is 0 Å². The first kappa shape index (κ1) is 20.7. The molecule has 1 saturated carbocycles. The van der Waals surface area contributed by atoms with E-state index in [2.05, 4.69) is 37.6 Å².